The molecule has 4 heterocycles. The van der Waals surface area contributed by atoms with E-state index in [9.17, 15) is 31.1 Å². The average Bonchev–Trinajstić information content (AvgIpc) is 2.90. The minimum atomic E-state index is -5.03. The molecular formula is C28H28F6N4O2. The Balaban J connectivity index is 1.51. The molecule has 2 bridgehead atoms. The number of methoxy groups -OCH3 is 1. The molecule has 0 aliphatic carbocycles. The van der Waals surface area contributed by atoms with E-state index in [0.29, 0.717) is 35.2 Å². The minimum absolute atomic E-state index is 0.0234. The molecule has 2 N–H and O–H groups in total. The molecule has 40 heavy (non-hydrogen) atoms. The first-order valence-electron chi connectivity index (χ1n) is 12.9. The van der Waals surface area contributed by atoms with Crippen molar-refractivity contribution in [3.63, 3.8) is 0 Å². The van der Waals surface area contributed by atoms with E-state index in [2.05, 4.69) is 27.4 Å². The fourth-order valence-corrected chi connectivity index (χ4v) is 5.95. The van der Waals surface area contributed by atoms with Gasteiger partial charge in [0.05, 0.1) is 29.8 Å². The summed E-state index contributed by atoms with van der Waals surface area (Å²) in [6.45, 7) is 3.83. The zero-order valence-electron chi connectivity index (χ0n) is 21.7. The Kier molecular flexibility index (Phi) is 7.32. The van der Waals surface area contributed by atoms with Gasteiger partial charge in [0.25, 0.3) is 0 Å². The number of carbonyl (C=O) groups is 1. The number of rotatable bonds is 5. The van der Waals surface area contributed by atoms with Crippen LogP contribution >= 0.6 is 0 Å². The van der Waals surface area contributed by atoms with Gasteiger partial charge >= 0.3 is 18.4 Å². The van der Waals surface area contributed by atoms with Crippen LogP contribution in [-0.2, 0) is 12.4 Å². The van der Waals surface area contributed by atoms with Gasteiger partial charge in [-0.25, -0.2) is 4.79 Å². The largest absolute Gasteiger partial charge is 0.497 e. The Morgan fingerprint density at radius 1 is 1.05 bits per heavy atom. The highest BCUT2D eigenvalue weighted by Gasteiger charge is 2.43. The first-order valence-corrected chi connectivity index (χ1v) is 12.9. The number of nitrogens with zero attached hydrogens (tertiary/aromatic N) is 2. The van der Waals surface area contributed by atoms with Crippen LogP contribution in [0.2, 0.25) is 0 Å². The highest BCUT2D eigenvalue weighted by Crippen LogP contribution is 2.42. The number of halogens is 6. The maximum absolute atomic E-state index is 13.4. The van der Waals surface area contributed by atoms with Crippen molar-refractivity contribution in [2.45, 2.75) is 44.2 Å². The molecule has 1 aromatic heterocycles. The van der Waals surface area contributed by atoms with E-state index < -0.39 is 41.2 Å². The standard InChI is InChI=1S/C28H28F6N4O2/c1-15-14-38-8-6-16(15)9-24(38)25(21-5-7-35-23-4-3-20(40-2)13-22(21)23)37-26(39)36-19-11-17(27(29,30)31)10-18(12-19)28(32,33)34/h3-5,7,10-13,15-16,24-25H,6,8-9,14H2,1-2H3,(H2,36,37,39)/t15?,16?,24?,25-/m0/s1. The molecule has 5 atom stereocenters. The molecule has 0 radical (unpaired) electrons. The first kappa shape index (κ1) is 28.0. The number of amides is 2. The number of anilines is 1. The number of ether oxygens (including phenoxy) is 1. The van der Waals surface area contributed by atoms with Crippen molar-refractivity contribution >= 4 is 22.6 Å². The number of pyridine rings is 1. The van der Waals surface area contributed by atoms with Crippen molar-refractivity contribution in [2.24, 2.45) is 11.8 Å². The van der Waals surface area contributed by atoms with Crippen molar-refractivity contribution in [1.82, 2.24) is 15.2 Å². The average molecular weight is 567 g/mol. The van der Waals surface area contributed by atoms with Crippen LogP contribution in [0.3, 0.4) is 0 Å². The smallest absolute Gasteiger partial charge is 0.416 e. The van der Waals surface area contributed by atoms with E-state index in [1.54, 1.807) is 30.5 Å². The number of hydrogen-bond acceptors (Lipinski definition) is 4. The predicted octanol–water partition coefficient (Wildman–Crippen LogP) is 6.87. The maximum atomic E-state index is 13.4. The molecule has 6 rings (SSSR count). The van der Waals surface area contributed by atoms with E-state index in [-0.39, 0.29) is 12.1 Å². The normalized spacial score (nSPS) is 23.6. The van der Waals surface area contributed by atoms with Gasteiger partial charge < -0.3 is 15.4 Å². The summed E-state index contributed by atoms with van der Waals surface area (Å²) in [6.07, 6.45) is -6.65. The number of carbonyl (C=O) groups excluding carboxylic acids is 1. The van der Waals surface area contributed by atoms with Gasteiger partial charge in [0, 0.05) is 29.9 Å². The number of alkyl halides is 6. The topological polar surface area (TPSA) is 66.5 Å². The zero-order valence-corrected chi connectivity index (χ0v) is 21.7. The van der Waals surface area contributed by atoms with E-state index >= 15 is 0 Å². The SMILES string of the molecule is COc1ccc2nccc([C@H](NC(=O)Nc3cc(C(F)(F)F)cc(C(F)(F)F)c3)C3CC4CCN3CC4C)c2c1. The second-order valence-corrected chi connectivity index (χ2v) is 10.5. The van der Waals surface area contributed by atoms with Crippen LogP contribution in [0, 0.1) is 11.8 Å². The second-order valence-electron chi connectivity index (χ2n) is 10.5. The maximum Gasteiger partial charge on any atom is 0.416 e. The summed E-state index contributed by atoms with van der Waals surface area (Å²) in [7, 11) is 1.53. The third-order valence-electron chi connectivity index (χ3n) is 7.96. The molecule has 0 spiro atoms. The van der Waals surface area contributed by atoms with Crippen molar-refractivity contribution in [1.29, 1.82) is 0 Å². The summed E-state index contributed by atoms with van der Waals surface area (Å²) in [6, 6.07) is 6.44. The number of nitrogens with one attached hydrogen (secondary N) is 2. The van der Waals surface area contributed by atoms with E-state index in [0.717, 1.165) is 36.9 Å². The summed E-state index contributed by atoms with van der Waals surface area (Å²) in [4.78, 5) is 19.9. The van der Waals surface area contributed by atoms with E-state index in [1.165, 1.54) is 7.11 Å². The Morgan fingerprint density at radius 3 is 2.33 bits per heavy atom. The van der Waals surface area contributed by atoms with Crippen LogP contribution in [0.25, 0.3) is 10.9 Å². The minimum Gasteiger partial charge on any atom is -0.497 e. The summed E-state index contributed by atoms with van der Waals surface area (Å²) >= 11 is 0. The third-order valence-corrected chi connectivity index (χ3v) is 7.96. The van der Waals surface area contributed by atoms with Gasteiger partial charge in [0.15, 0.2) is 0 Å². The predicted molar refractivity (Wildman–Crippen MR) is 137 cm³/mol. The highest BCUT2D eigenvalue weighted by atomic mass is 19.4. The molecule has 2 amide bonds. The number of aromatic nitrogens is 1. The summed E-state index contributed by atoms with van der Waals surface area (Å²) in [5, 5.41) is 5.82. The lowest BCUT2D eigenvalue weighted by molar-refractivity contribution is -0.143. The highest BCUT2D eigenvalue weighted by molar-refractivity contribution is 5.91. The molecule has 0 saturated carbocycles. The van der Waals surface area contributed by atoms with Crippen molar-refractivity contribution in [3.05, 3.63) is 65.4 Å². The molecule has 3 aliphatic rings. The first-order chi connectivity index (χ1) is 18.8. The van der Waals surface area contributed by atoms with Crippen LogP contribution in [0.5, 0.6) is 5.75 Å². The number of benzene rings is 2. The molecular weight excluding hydrogens is 538 g/mol. The molecule has 2 aromatic carbocycles. The quantitative estimate of drug-likeness (QED) is 0.331. The number of fused-ring (bicyclic) bond motifs is 4. The van der Waals surface area contributed by atoms with Crippen LogP contribution in [0.1, 0.15) is 42.5 Å². The monoisotopic (exact) mass is 566 g/mol. The van der Waals surface area contributed by atoms with Crippen LogP contribution in [0.4, 0.5) is 36.8 Å². The summed E-state index contributed by atoms with van der Waals surface area (Å²) in [5.41, 5.74) is -2.25. The molecule has 3 saturated heterocycles. The van der Waals surface area contributed by atoms with E-state index in [4.69, 9.17) is 4.74 Å². The van der Waals surface area contributed by atoms with Crippen molar-refractivity contribution in [2.75, 3.05) is 25.5 Å². The molecule has 4 unspecified atom stereocenters. The van der Waals surface area contributed by atoms with Gasteiger partial charge in [-0.2, -0.15) is 26.3 Å². The van der Waals surface area contributed by atoms with Gasteiger partial charge in [-0.1, -0.05) is 6.92 Å². The number of piperidine rings is 3. The third kappa shape index (κ3) is 5.67. The second kappa shape index (κ2) is 10.5. The number of urea groups is 1. The molecule has 214 valence electrons. The van der Waals surface area contributed by atoms with Crippen LogP contribution < -0.4 is 15.4 Å². The summed E-state index contributed by atoms with van der Waals surface area (Å²) < 4.78 is 85.5. The Morgan fingerprint density at radius 2 is 1.75 bits per heavy atom. The molecule has 6 nitrogen and oxygen atoms in total. The fourth-order valence-electron chi connectivity index (χ4n) is 5.95. The van der Waals surface area contributed by atoms with Gasteiger partial charge in [-0.05, 0) is 79.3 Å². The Labute approximate surface area is 226 Å². The molecule has 3 fully saturated rings. The van der Waals surface area contributed by atoms with Gasteiger partial charge in [-0.15, -0.1) is 0 Å². The molecule has 3 aromatic rings. The van der Waals surface area contributed by atoms with Gasteiger partial charge in [-0.3, -0.25) is 9.88 Å². The zero-order chi connectivity index (χ0) is 28.8. The van der Waals surface area contributed by atoms with E-state index in [1.807, 2.05) is 0 Å². The van der Waals surface area contributed by atoms with Gasteiger partial charge in [0.2, 0.25) is 0 Å². The van der Waals surface area contributed by atoms with Crippen LogP contribution in [0.15, 0.2) is 48.7 Å². The lowest BCUT2D eigenvalue weighted by Gasteiger charge is -2.51. The van der Waals surface area contributed by atoms with Crippen molar-refractivity contribution in [3.8, 4) is 5.75 Å². The Hall–Kier alpha value is -3.54. The summed E-state index contributed by atoms with van der Waals surface area (Å²) in [5.74, 6) is 1.48. The fraction of sp³-hybridized carbons (Fsp3) is 0.429. The molecule has 3 aliphatic heterocycles. The molecule has 12 heteroatoms. The lowest BCUT2D eigenvalue weighted by Crippen LogP contribution is -2.57. The number of hydrogen-bond donors (Lipinski definition) is 2. The lowest BCUT2D eigenvalue weighted by atomic mass is 9.73. The van der Waals surface area contributed by atoms with Crippen LogP contribution in [-0.4, -0.2) is 42.2 Å². The van der Waals surface area contributed by atoms with Crippen molar-refractivity contribution < 1.29 is 35.9 Å². The van der Waals surface area contributed by atoms with Gasteiger partial charge in [0.1, 0.15) is 5.75 Å². The Bertz CT molecular complexity index is 1380.